The minimum Gasteiger partial charge on any atom is -0.403 e. The van der Waals surface area contributed by atoms with Crippen LogP contribution in [0.15, 0.2) is 5.10 Å². The Hall–Kier alpha value is -0.545. The van der Waals surface area contributed by atoms with Crippen molar-refractivity contribution in [3.8, 4) is 0 Å². The summed E-state index contributed by atoms with van der Waals surface area (Å²) in [7, 11) is 1.80. The molecule has 1 fully saturated rings. The molecule has 1 unspecified atom stereocenters. The van der Waals surface area contributed by atoms with Crippen molar-refractivity contribution >= 4 is 13.3 Å². The Bertz CT molecular complexity index is 275. The van der Waals surface area contributed by atoms with Crippen LogP contribution in [0.4, 0.5) is 0 Å². The van der Waals surface area contributed by atoms with Crippen molar-refractivity contribution in [2.24, 2.45) is 5.10 Å². The first-order valence-electron chi connectivity index (χ1n) is 5.43. The lowest BCUT2D eigenvalue weighted by Gasteiger charge is -2.32. The highest BCUT2D eigenvalue weighted by atomic mass is 16.7. The van der Waals surface area contributed by atoms with E-state index in [9.17, 15) is 0 Å². The van der Waals surface area contributed by atoms with Gasteiger partial charge in [-0.2, -0.15) is 5.10 Å². The number of rotatable bonds is 1. The topological polar surface area (TPSA) is 34.1 Å². The van der Waals surface area contributed by atoms with Crippen molar-refractivity contribution in [2.45, 2.75) is 44.7 Å². The molecule has 2 aliphatic rings. The van der Waals surface area contributed by atoms with E-state index < -0.39 is 0 Å². The first-order valence-corrected chi connectivity index (χ1v) is 5.43. The number of nitrogens with zero attached hydrogens (tertiary/aromatic N) is 2. The van der Waals surface area contributed by atoms with Crippen LogP contribution in [0, 0.1) is 0 Å². The monoisotopic (exact) mass is 210 g/mol. The Morgan fingerprint density at radius 2 is 1.80 bits per heavy atom. The van der Waals surface area contributed by atoms with E-state index in [1.54, 1.807) is 0 Å². The van der Waals surface area contributed by atoms with E-state index in [4.69, 9.17) is 9.31 Å². The molecular weight excluding hydrogens is 191 g/mol. The SMILES string of the molecule is CN1CC(B2OC(C)(C)C(C)(C)O2)C=N1. The highest BCUT2D eigenvalue weighted by Crippen LogP contribution is 2.40. The summed E-state index contributed by atoms with van der Waals surface area (Å²) in [5.74, 6) is 0.246. The molecule has 4 nitrogen and oxygen atoms in total. The third kappa shape index (κ3) is 1.78. The second-order valence-corrected chi connectivity index (χ2v) is 5.39. The molecule has 1 saturated heterocycles. The Balaban J connectivity index is 2.07. The van der Waals surface area contributed by atoms with Crippen molar-refractivity contribution in [2.75, 3.05) is 13.6 Å². The van der Waals surface area contributed by atoms with Crippen LogP contribution in [0.2, 0.25) is 5.82 Å². The fraction of sp³-hybridized carbons (Fsp3) is 0.900. The van der Waals surface area contributed by atoms with Crippen molar-refractivity contribution in [1.29, 1.82) is 0 Å². The molecule has 0 aromatic rings. The smallest absolute Gasteiger partial charge is 0.403 e. The second-order valence-electron chi connectivity index (χ2n) is 5.39. The van der Waals surface area contributed by atoms with Gasteiger partial charge in [-0.3, -0.25) is 0 Å². The lowest BCUT2D eigenvalue weighted by molar-refractivity contribution is 0.00578. The molecule has 5 heteroatoms. The Labute approximate surface area is 91.8 Å². The molecule has 2 aliphatic heterocycles. The predicted molar refractivity (Wildman–Crippen MR) is 61.0 cm³/mol. The van der Waals surface area contributed by atoms with Gasteiger partial charge in [0.15, 0.2) is 0 Å². The van der Waals surface area contributed by atoms with Crippen LogP contribution in [0.1, 0.15) is 27.7 Å². The maximum atomic E-state index is 5.96. The minimum atomic E-state index is -0.243. The van der Waals surface area contributed by atoms with E-state index in [1.165, 1.54) is 0 Å². The quantitative estimate of drug-likeness (QED) is 0.613. The molecule has 0 aliphatic carbocycles. The Morgan fingerprint density at radius 1 is 1.27 bits per heavy atom. The zero-order chi connectivity index (χ0) is 11.3. The van der Waals surface area contributed by atoms with Crippen LogP contribution in [-0.2, 0) is 9.31 Å². The van der Waals surface area contributed by atoms with E-state index in [1.807, 2.05) is 18.3 Å². The van der Waals surface area contributed by atoms with Gasteiger partial charge in [-0.15, -0.1) is 0 Å². The minimum absolute atomic E-state index is 0.163. The Morgan fingerprint density at radius 3 is 2.20 bits per heavy atom. The first kappa shape index (κ1) is 11.0. The molecule has 0 bridgehead atoms. The summed E-state index contributed by atoms with van der Waals surface area (Å²) in [5, 5.41) is 6.12. The second kappa shape index (κ2) is 3.22. The maximum Gasteiger partial charge on any atom is 0.468 e. The zero-order valence-electron chi connectivity index (χ0n) is 10.2. The molecule has 84 valence electrons. The molecule has 1 atom stereocenters. The van der Waals surface area contributed by atoms with Crippen LogP contribution in [0.3, 0.4) is 0 Å². The summed E-state index contributed by atoms with van der Waals surface area (Å²) < 4.78 is 11.9. The van der Waals surface area contributed by atoms with Crippen molar-refractivity contribution in [3.63, 3.8) is 0 Å². The van der Waals surface area contributed by atoms with Gasteiger partial charge in [0.2, 0.25) is 0 Å². The summed E-state index contributed by atoms with van der Waals surface area (Å²) in [6.07, 6.45) is 1.92. The molecule has 15 heavy (non-hydrogen) atoms. The average molecular weight is 210 g/mol. The van der Waals surface area contributed by atoms with Gasteiger partial charge in [-0.1, -0.05) is 0 Å². The van der Waals surface area contributed by atoms with E-state index in [0.29, 0.717) is 0 Å². The van der Waals surface area contributed by atoms with E-state index >= 15 is 0 Å². The Kier molecular flexibility index (Phi) is 2.35. The average Bonchev–Trinajstić information content (AvgIpc) is 2.56. The van der Waals surface area contributed by atoms with Gasteiger partial charge in [0.25, 0.3) is 0 Å². The first-order chi connectivity index (χ1) is 6.82. The summed E-state index contributed by atoms with van der Waals surface area (Å²) in [6.45, 7) is 9.16. The van der Waals surface area contributed by atoms with E-state index in [2.05, 4.69) is 32.8 Å². The molecule has 0 aromatic heterocycles. The molecule has 2 heterocycles. The predicted octanol–water partition coefficient (Wildman–Crippen LogP) is 1.38. The molecule has 0 amide bonds. The van der Waals surface area contributed by atoms with Crippen LogP contribution in [0.25, 0.3) is 0 Å². The van der Waals surface area contributed by atoms with Crippen LogP contribution in [-0.4, -0.2) is 43.1 Å². The van der Waals surface area contributed by atoms with Gasteiger partial charge in [0.05, 0.1) is 17.0 Å². The lowest BCUT2D eigenvalue weighted by atomic mass is 9.73. The third-order valence-electron chi connectivity index (χ3n) is 3.55. The largest absolute Gasteiger partial charge is 0.468 e. The van der Waals surface area contributed by atoms with Crippen molar-refractivity contribution in [1.82, 2.24) is 5.01 Å². The van der Waals surface area contributed by atoms with Crippen molar-refractivity contribution < 1.29 is 9.31 Å². The van der Waals surface area contributed by atoms with Crippen LogP contribution in [0.5, 0.6) is 0 Å². The molecule has 0 aromatic carbocycles. The molecule has 0 radical (unpaired) electrons. The van der Waals surface area contributed by atoms with Gasteiger partial charge in [0.1, 0.15) is 0 Å². The van der Waals surface area contributed by atoms with Gasteiger partial charge < -0.3 is 14.3 Å². The van der Waals surface area contributed by atoms with Crippen LogP contribution >= 0.6 is 0 Å². The van der Waals surface area contributed by atoms with Gasteiger partial charge >= 0.3 is 7.12 Å². The molecule has 0 saturated carbocycles. The summed E-state index contributed by atoms with van der Waals surface area (Å²) >= 11 is 0. The maximum absolute atomic E-state index is 5.96. The highest BCUT2D eigenvalue weighted by Gasteiger charge is 2.54. The number of hydrazone groups is 1. The van der Waals surface area contributed by atoms with Gasteiger partial charge in [-0.25, -0.2) is 0 Å². The fourth-order valence-corrected chi connectivity index (χ4v) is 1.82. The summed E-state index contributed by atoms with van der Waals surface area (Å²) in [5.41, 5.74) is -0.487. The van der Waals surface area contributed by atoms with Gasteiger partial charge in [-0.05, 0) is 27.7 Å². The van der Waals surface area contributed by atoms with Crippen molar-refractivity contribution in [3.05, 3.63) is 0 Å². The van der Waals surface area contributed by atoms with Crippen LogP contribution < -0.4 is 0 Å². The van der Waals surface area contributed by atoms with Gasteiger partial charge in [0, 0.05) is 19.8 Å². The number of hydrogen-bond donors (Lipinski definition) is 0. The lowest BCUT2D eigenvalue weighted by Crippen LogP contribution is -2.41. The summed E-state index contributed by atoms with van der Waals surface area (Å²) in [4.78, 5) is 0. The molecule has 2 rings (SSSR count). The fourth-order valence-electron chi connectivity index (χ4n) is 1.82. The summed E-state index contributed by atoms with van der Waals surface area (Å²) in [6, 6.07) is 0. The molecule has 0 spiro atoms. The molecule has 0 N–H and O–H groups in total. The normalized spacial score (nSPS) is 32.7. The van der Waals surface area contributed by atoms with E-state index in [-0.39, 0.29) is 24.1 Å². The zero-order valence-corrected chi connectivity index (χ0v) is 10.2. The number of hydrogen-bond acceptors (Lipinski definition) is 4. The highest BCUT2D eigenvalue weighted by molar-refractivity contribution is 6.52. The van der Waals surface area contributed by atoms with E-state index in [0.717, 1.165) is 6.54 Å². The standard InChI is InChI=1S/C10H19BN2O2/c1-9(2)10(3,4)15-11(14-9)8-6-12-13(5)7-8/h6,8H,7H2,1-5H3. The molecular formula is C10H19BN2O2. The third-order valence-corrected chi connectivity index (χ3v) is 3.55.